The highest BCUT2D eigenvalue weighted by Crippen LogP contribution is 2.31. The summed E-state index contributed by atoms with van der Waals surface area (Å²) < 4.78 is 52.3. The van der Waals surface area contributed by atoms with Crippen LogP contribution in [0.4, 0.5) is 28.0 Å². The number of amides is 2. The molecule has 1 N–H and O–H groups in total. The molecule has 3 rings (SSSR count). The van der Waals surface area contributed by atoms with Gasteiger partial charge in [0.1, 0.15) is 5.82 Å². The van der Waals surface area contributed by atoms with Crippen molar-refractivity contribution in [1.29, 1.82) is 0 Å². The van der Waals surface area contributed by atoms with Gasteiger partial charge in [0.15, 0.2) is 5.78 Å². The SMILES string of the molecule is O=C(c1cccc(C(F)(F)F)c1)C1CCCN(C(=O)Nc2ccccc2F)C1. The fraction of sp³-hybridized carbons (Fsp3) is 0.300. The summed E-state index contributed by atoms with van der Waals surface area (Å²) in [5.41, 5.74) is -0.890. The van der Waals surface area contributed by atoms with Gasteiger partial charge in [-0.25, -0.2) is 9.18 Å². The highest BCUT2D eigenvalue weighted by Gasteiger charge is 2.33. The van der Waals surface area contributed by atoms with Gasteiger partial charge >= 0.3 is 12.2 Å². The lowest BCUT2D eigenvalue weighted by Crippen LogP contribution is -2.44. The molecule has 1 aliphatic rings. The van der Waals surface area contributed by atoms with Crippen molar-refractivity contribution >= 4 is 17.5 Å². The zero-order valence-electron chi connectivity index (χ0n) is 14.8. The normalized spacial score (nSPS) is 17.3. The second-order valence-corrected chi connectivity index (χ2v) is 6.64. The zero-order valence-corrected chi connectivity index (χ0v) is 14.8. The number of para-hydroxylation sites is 1. The average Bonchev–Trinajstić information content (AvgIpc) is 2.68. The lowest BCUT2D eigenvalue weighted by atomic mass is 9.89. The van der Waals surface area contributed by atoms with Crippen LogP contribution in [0.25, 0.3) is 0 Å². The molecule has 0 spiro atoms. The van der Waals surface area contributed by atoms with E-state index >= 15 is 0 Å². The number of benzene rings is 2. The van der Waals surface area contributed by atoms with Crippen LogP contribution in [0.15, 0.2) is 48.5 Å². The molecule has 28 heavy (non-hydrogen) atoms. The van der Waals surface area contributed by atoms with Crippen molar-refractivity contribution in [3.63, 3.8) is 0 Å². The monoisotopic (exact) mass is 394 g/mol. The minimum atomic E-state index is -4.53. The fourth-order valence-corrected chi connectivity index (χ4v) is 3.22. The lowest BCUT2D eigenvalue weighted by molar-refractivity contribution is -0.137. The van der Waals surface area contributed by atoms with Crippen LogP contribution in [0.3, 0.4) is 0 Å². The Kier molecular flexibility index (Phi) is 5.67. The van der Waals surface area contributed by atoms with Gasteiger partial charge in [0.2, 0.25) is 0 Å². The highest BCUT2D eigenvalue weighted by atomic mass is 19.4. The van der Waals surface area contributed by atoms with Gasteiger partial charge in [0, 0.05) is 24.6 Å². The molecule has 1 unspecified atom stereocenters. The van der Waals surface area contributed by atoms with Crippen LogP contribution in [0.1, 0.15) is 28.8 Å². The molecule has 1 heterocycles. The van der Waals surface area contributed by atoms with E-state index in [0.717, 1.165) is 12.1 Å². The van der Waals surface area contributed by atoms with E-state index in [1.807, 2.05) is 0 Å². The zero-order chi connectivity index (χ0) is 20.3. The standard InChI is InChI=1S/C20H18F4N2O2/c21-16-8-1-2-9-17(16)25-19(28)26-10-4-6-14(12-26)18(27)13-5-3-7-15(11-13)20(22,23)24/h1-3,5,7-9,11,14H,4,6,10,12H2,(H,25,28). The molecule has 0 bridgehead atoms. The molecular formula is C20H18F4N2O2. The number of rotatable bonds is 3. The Morgan fingerprint density at radius 2 is 1.82 bits per heavy atom. The summed E-state index contributed by atoms with van der Waals surface area (Å²) in [4.78, 5) is 26.5. The summed E-state index contributed by atoms with van der Waals surface area (Å²) in [7, 11) is 0. The molecule has 0 radical (unpaired) electrons. The number of ketones is 1. The smallest absolute Gasteiger partial charge is 0.324 e. The first kappa shape index (κ1) is 19.9. The Balaban J connectivity index is 1.70. The van der Waals surface area contributed by atoms with Crippen LogP contribution in [0.2, 0.25) is 0 Å². The van der Waals surface area contributed by atoms with Crippen LogP contribution in [-0.4, -0.2) is 29.8 Å². The van der Waals surface area contributed by atoms with E-state index in [4.69, 9.17) is 0 Å². The Morgan fingerprint density at radius 3 is 2.54 bits per heavy atom. The van der Waals surface area contributed by atoms with E-state index in [9.17, 15) is 27.2 Å². The molecule has 1 saturated heterocycles. The van der Waals surface area contributed by atoms with Crippen molar-refractivity contribution in [3.8, 4) is 0 Å². The predicted octanol–water partition coefficient (Wildman–Crippen LogP) is 4.97. The number of halogens is 4. The molecule has 1 aliphatic heterocycles. The number of nitrogens with one attached hydrogen (secondary N) is 1. The van der Waals surface area contributed by atoms with Crippen molar-refractivity contribution in [2.24, 2.45) is 5.92 Å². The van der Waals surface area contributed by atoms with E-state index in [2.05, 4.69) is 5.32 Å². The van der Waals surface area contributed by atoms with Crippen molar-refractivity contribution < 1.29 is 27.2 Å². The molecule has 0 saturated carbocycles. The van der Waals surface area contributed by atoms with Crippen LogP contribution in [-0.2, 0) is 6.18 Å². The third kappa shape index (κ3) is 4.49. The topological polar surface area (TPSA) is 49.4 Å². The Hall–Kier alpha value is -2.90. The highest BCUT2D eigenvalue weighted by molar-refractivity contribution is 5.99. The second-order valence-electron chi connectivity index (χ2n) is 6.64. The van der Waals surface area contributed by atoms with Gasteiger partial charge in [0.25, 0.3) is 0 Å². The molecule has 1 atom stereocenters. The summed E-state index contributed by atoms with van der Waals surface area (Å²) in [5.74, 6) is -1.62. The van der Waals surface area contributed by atoms with Crippen LogP contribution in [0, 0.1) is 11.7 Å². The van der Waals surface area contributed by atoms with Crippen molar-refractivity contribution in [3.05, 3.63) is 65.5 Å². The van der Waals surface area contributed by atoms with Gasteiger partial charge in [-0.1, -0.05) is 24.3 Å². The quantitative estimate of drug-likeness (QED) is 0.590. The van der Waals surface area contributed by atoms with Gasteiger partial charge in [0.05, 0.1) is 11.3 Å². The van der Waals surface area contributed by atoms with Crippen molar-refractivity contribution in [2.75, 3.05) is 18.4 Å². The van der Waals surface area contributed by atoms with E-state index in [1.165, 1.54) is 35.2 Å². The fourth-order valence-electron chi connectivity index (χ4n) is 3.22. The second kappa shape index (κ2) is 8.00. The molecule has 8 heteroatoms. The predicted molar refractivity (Wildman–Crippen MR) is 95.5 cm³/mol. The molecule has 0 aromatic heterocycles. The summed E-state index contributed by atoms with van der Waals surface area (Å²) in [6.45, 7) is 0.446. The summed E-state index contributed by atoms with van der Waals surface area (Å²) >= 11 is 0. The largest absolute Gasteiger partial charge is 0.416 e. The van der Waals surface area contributed by atoms with Crippen LogP contribution in [0.5, 0.6) is 0 Å². The van der Waals surface area contributed by atoms with Gasteiger partial charge in [-0.05, 0) is 37.1 Å². The number of hydrogen-bond donors (Lipinski definition) is 1. The number of Topliss-reactive ketones (excluding diaryl/α,β-unsaturated/α-hetero) is 1. The van der Waals surface area contributed by atoms with E-state index < -0.39 is 35.3 Å². The Morgan fingerprint density at radius 1 is 1.07 bits per heavy atom. The van der Waals surface area contributed by atoms with Gasteiger partial charge < -0.3 is 10.2 Å². The number of hydrogen-bond acceptors (Lipinski definition) is 2. The maximum Gasteiger partial charge on any atom is 0.416 e. The lowest BCUT2D eigenvalue weighted by Gasteiger charge is -2.32. The Bertz CT molecular complexity index is 883. The number of carbonyl (C=O) groups excluding carboxylic acids is 2. The molecule has 1 fully saturated rings. The minimum Gasteiger partial charge on any atom is -0.324 e. The average molecular weight is 394 g/mol. The maximum atomic E-state index is 13.7. The van der Waals surface area contributed by atoms with Crippen molar-refractivity contribution in [1.82, 2.24) is 4.90 Å². The van der Waals surface area contributed by atoms with Gasteiger partial charge in [-0.2, -0.15) is 13.2 Å². The molecule has 2 amide bonds. The van der Waals surface area contributed by atoms with Crippen LogP contribution < -0.4 is 5.32 Å². The van der Waals surface area contributed by atoms with E-state index in [1.54, 1.807) is 6.07 Å². The maximum absolute atomic E-state index is 13.7. The first-order valence-electron chi connectivity index (χ1n) is 8.77. The first-order valence-corrected chi connectivity index (χ1v) is 8.77. The Labute approximate surface area is 159 Å². The summed E-state index contributed by atoms with van der Waals surface area (Å²) in [6, 6.07) is 9.44. The summed E-state index contributed by atoms with van der Waals surface area (Å²) in [5, 5.41) is 2.46. The van der Waals surface area contributed by atoms with E-state index in [0.29, 0.717) is 19.4 Å². The number of anilines is 1. The van der Waals surface area contributed by atoms with Gasteiger partial charge in [-0.15, -0.1) is 0 Å². The van der Waals surface area contributed by atoms with Gasteiger partial charge in [-0.3, -0.25) is 4.79 Å². The van der Waals surface area contributed by atoms with Crippen LogP contribution >= 0.6 is 0 Å². The summed E-state index contributed by atoms with van der Waals surface area (Å²) in [6.07, 6.45) is -3.53. The first-order chi connectivity index (χ1) is 13.3. The number of piperidine rings is 1. The molecule has 0 aliphatic carbocycles. The minimum absolute atomic E-state index is 0.0267. The molecular weight excluding hydrogens is 376 g/mol. The number of likely N-dealkylation sites (tertiary alicyclic amines) is 1. The number of carbonyl (C=O) groups is 2. The molecule has 2 aromatic carbocycles. The van der Waals surface area contributed by atoms with Crippen molar-refractivity contribution in [2.45, 2.75) is 19.0 Å². The number of nitrogens with zero attached hydrogens (tertiary/aromatic N) is 1. The molecule has 148 valence electrons. The number of urea groups is 1. The van der Waals surface area contributed by atoms with E-state index in [-0.39, 0.29) is 17.8 Å². The third-order valence-corrected chi connectivity index (χ3v) is 4.67. The molecule has 4 nitrogen and oxygen atoms in total. The molecule has 2 aromatic rings. The number of alkyl halides is 3. The third-order valence-electron chi connectivity index (χ3n) is 4.67.